The Morgan fingerprint density at radius 2 is 2.00 bits per heavy atom. The molecule has 2 N–H and O–H groups in total. The third-order valence-corrected chi connectivity index (χ3v) is 3.02. The van der Waals surface area contributed by atoms with Crippen molar-refractivity contribution in [3.63, 3.8) is 0 Å². The number of nitrogens with zero attached hydrogens (tertiary/aromatic N) is 3. The van der Waals surface area contributed by atoms with Crippen molar-refractivity contribution in [3.05, 3.63) is 53.2 Å². The number of H-pyrrole nitrogens is 1. The summed E-state index contributed by atoms with van der Waals surface area (Å²) >= 11 is 0. The molecule has 2 aromatic heterocycles. The predicted octanol–water partition coefficient (Wildman–Crippen LogP) is 1.54. The topological polar surface area (TPSA) is 83.8 Å². The highest BCUT2D eigenvalue weighted by molar-refractivity contribution is 5.68. The predicted molar refractivity (Wildman–Crippen MR) is 74.2 cm³/mol. The molecule has 20 heavy (non-hydrogen) atoms. The largest absolute Gasteiger partial charge is 0.493 e. The van der Waals surface area contributed by atoms with Gasteiger partial charge in [0.15, 0.2) is 5.82 Å². The minimum absolute atomic E-state index is 0.163. The highest BCUT2D eigenvalue weighted by Gasteiger charge is 2.14. The average Bonchev–Trinajstić information content (AvgIpc) is 2.85. The highest BCUT2D eigenvalue weighted by atomic mass is 16.3. The fraction of sp³-hybridized carbons (Fsp3) is 0.0714. The number of aromatic hydroxyl groups is 1. The summed E-state index contributed by atoms with van der Waals surface area (Å²) in [6.45, 7) is 0. The highest BCUT2D eigenvalue weighted by Crippen LogP contribution is 2.24. The number of aryl methyl sites for hydroxylation is 1. The van der Waals surface area contributed by atoms with Gasteiger partial charge in [-0.3, -0.25) is 4.79 Å². The Labute approximate surface area is 114 Å². The third-order valence-electron chi connectivity index (χ3n) is 3.02. The summed E-state index contributed by atoms with van der Waals surface area (Å²) < 4.78 is 1.71. The number of nitrogens with one attached hydrogen (secondary N) is 1. The van der Waals surface area contributed by atoms with E-state index in [1.807, 2.05) is 6.07 Å². The Balaban J connectivity index is 2.18. The van der Waals surface area contributed by atoms with E-state index in [-0.39, 0.29) is 22.8 Å². The van der Waals surface area contributed by atoms with Crippen LogP contribution in [0.1, 0.15) is 0 Å². The fourth-order valence-electron chi connectivity index (χ4n) is 2.03. The zero-order valence-electron chi connectivity index (χ0n) is 10.7. The second kappa shape index (κ2) is 4.65. The molecule has 2 heterocycles. The van der Waals surface area contributed by atoms with E-state index in [4.69, 9.17) is 0 Å². The van der Waals surface area contributed by atoms with Gasteiger partial charge in [0.25, 0.3) is 5.56 Å². The molecule has 0 unspecified atom stereocenters. The van der Waals surface area contributed by atoms with Crippen LogP contribution in [0.2, 0.25) is 0 Å². The van der Waals surface area contributed by atoms with Gasteiger partial charge in [-0.15, -0.1) is 0 Å². The van der Waals surface area contributed by atoms with Gasteiger partial charge in [-0.05, 0) is 5.56 Å². The molecular weight excluding hydrogens is 256 g/mol. The van der Waals surface area contributed by atoms with E-state index in [0.717, 1.165) is 0 Å². The van der Waals surface area contributed by atoms with Crippen LogP contribution in [0.4, 0.5) is 0 Å². The molecule has 0 atom stereocenters. The lowest BCUT2D eigenvalue weighted by atomic mass is 10.1. The maximum atomic E-state index is 12.2. The third kappa shape index (κ3) is 1.97. The van der Waals surface area contributed by atoms with Gasteiger partial charge < -0.3 is 14.7 Å². The van der Waals surface area contributed by atoms with Crippen molar-refractivity contribution in [2.75, 3.05) is 0 Å². The normalized spacial score (nSPS) is 10.7. The van der Waals surface area contributed by atoms with Crippen molar-refractivity contribution in [1.29, 1.82) is 0 Å². The van der Waals surface area contributed by atoms with Gasteiger partial charge in [-0.25, -0.2) is 4.98 Å². The second-order valence-electron chi connectivity index (χ2n) is 4.37. The maximum absolute atomic E-state index is 12.2. The number of aromatic nitrogens is 4. The number of imidazole rings is 1. The van der Waals surface area contributed by atoms with Crippen molar-refractivity contribution >= 4 is 0 Å². The SMILES string of the molecule is Cn1cncc1-c1nc(O)c(-c2ccccc2)c(=O)[nH]1. The summed E-state index contributed by atoms with van der Waals surface area (Å²) in [5, 5.41) is 10.1. The van der Waals surface area contributed by atoms with E-state index in [9.17, 15) is 9.90 Å². The summed E-state index contributed by atoms with van der Waals surface area (Å²) in [6.07, 6.45) is 3.16. The van der Waals surface area contributed by atoms with Gasteiger partial charge in [0.1, 0.15) is 11.3 Å². The molecule has 0 aliphatic heterocycles. The molecule has 0 aliphatic carbocycles. The fourth-order valence-corrected chi connectivity index (χ4v) is 2.03. The summed E-state index contributed by atoms with van der Waals surface area (Å²) in [4.78, 5) is 22.9. The van der Waals surface area contributed by atoms with E-state index < -0.39 is 0 Å². The molecule has 0 saturated carbocycles. The summed E-state index contributed by atoms with van der Waals surface area (Å²) in [5.74, 6) is -0.0108. The summed E-state index contributed by atoms with van der Waals surface area (Å²) in [5.41, 5.74) is 1.02. The van der Waals surface area contributed by atoms with Crippen molar-refractivity contribution in [2.24, 2.45) is 7.05 Å². The Morgan fingerprint density at radius 1 is 1.25 bits per heavy atom. The van der Waals surface area contributed by atoms with Crippen LogP contribution in [-0.4, -0.2) is 24.6 Å². The molecule has 0 aliphatic rings. The quantitative estimate of drug-likeness (QED) is 0.738. The lowest BCUT2D eigenvalue weighted by Crippen LogP contribution is -2.12. The Hall–Kier alpha value is -2.89. The molecule has 6 heteroatoms. The minimum atomic E-state index is -0.389. The van der Waals surface area contributed by atoms with E-state index in [0.29, 0.717) is 11.3 Å². The van der Waals surface area contributed by atoms with Crippen LogP contribution < -0.4 is 5.56 Å². The van der Waals surface area contributed by atoms with Gasteiger partial charge in [0, 0.05) is 7.05 Å². The molecule has 3 aromatic rings. The van der Waals surface area contributed by atoms with Gasteiger partial charge >= 0.3 is 0 Å². The van der Waals surface area contributed by atoms with Gasteiger partial charge in [-0.2, -0.15) is 4.98 Å². The molecule has 0 fully saturated rings. The number of benzene rings is 1. The van der Waals surface area contributed by atoms with E-state index in [2.05, 4.69) is 15.0 Å². The van der Waals surface area contributed by atoms with Crippen molar-refractivity contribution < 1.29 is 5.11 Å². The van der Waals surface area contributed by atoms with Crippen LogP contribution in [0.5, 0.6) is 5.88 Å². The first-order valence-corrected chi connectivity index (χ1v) is 6.02. The van der Waals surface area contributed by atoms with Crippen LogP contribution in [0.25, 0.3) is 22.6 Å². The lowest BCUT2D eigenvalue weighted by molar-refractivity contribution is 0.454. The molecule has 6 nitrogen and oxygen atoms in total. The molecule has 100 valence electrons. The second-order valence-corrected chi connectivity index (χ2v) is 4.37. The molecule has 0 radical (unpaired) electrons. The molecule has 0 saturated heterocycles. The monoisotopic (exact) mass is 268 g/mol. The van der Waals surface area contributed by atoms with Crippen molar-refractivity contribution in [2.45, 2.75) is 0 Å². The number of aromatic amines is 1. The zero-order valence-corrected chi connectivity index (χ0v) is 10.7. The van der Waals surface area contributed by atoms with Crippen molar-refractivity contribution in [1.82, 2.24) is 19.5 Å². The first-order chi connectivity index (χ1) is 9.66. The van der Waals surface area contributed by atoms with E-state index in [1.165, 1.54) is 0 Å². The average molecular weight is 268 g/mol. The molecular formula is C14H12N4O2. The Morgan fingerprint density at radius 3 is 2.60 bits per heavy atom. The van der Waals surface area contributed by atoms with Crippen LogP contribution in [0.3, 0.4) is 0 Å². The van der Waals surface area contributed by atoms with Crippen molar-refractivity contribution in [3.8, 4) is 28.5 Å². The standard InChI is InChI=1S/C14H12N4O2/c1-18-8-15-7-10(18)12-16-13(19)11(14(20)17-12)9-5-3-2-4-6-9/h2-8H,1H3,(H2,16,17,19,20). The Bertz CT molecular complexity index is 806. The first kappa shape index (κ1) is 12.2. The minimum Gasteiger partial charge on any atom is -0.493 e. The van der Waals surface area contributed by atoms with Gasteiger partial charge in [-0.1, -0.05) is 30.3 Å². The molecule has 0 bridgehead atoms. The maximum Gasteiger partial charge on any atom is 0.262 e. The van der Waals surface area contributed by atoms with Crippen LogP contribution >= 0.6 is 0 Å². The first-order valence-electron chi connectivity index (χ1n) is 6.02. The van der Waals surface area contributed by atoms with E-state index in [1.54, 1.807) is 48.4 Å². The lowest BCUT2D eigenvalue weighted by Gasteiger charge is -2.06. The molecule has 0 spiro atoms. The molecule has 1 aromatic carbocycles. The molecule has 0 amide bonds. The Kier molecular flexibility index (Phi) is 2.83. The van der Waals surface area contributed by atoms with Gasteiger partial charge in [0.05, 0.1) is 12.5 Å². The number of rotatable bonds is 2. The summed E-state index contributed by atoms with van der Waals surface area (Å²) in [7, 11) is 1.78. The zero-order chi connectivity index (χ0) is 14.1. The van der Waals surface area contributed by atoms with Crippen LogP contribution in [-0.2, 0) is 7.05 Å². The number of hydrogen-bond acceptors (Lipinski definition) is 4. The van der Waals surface area contributed by atoms with E-state index >= 15 is 0 Å². The summed E-state index contributed by atoms with van der Waals surface area (Å²) in [6, 6.07) is 8.92. The smallest absolute Gasteiger partial charge is 0.262 e. The van der Waals surface area contributed by atoms with Crippen LogP contribution in [0.15, 0.2) is 47.7 Å². The number of hydrogen-bond donors (Lipinski definition) is 2. The molecule has 3 rings (SSSR count). The van der Waals surface area contributed by atoms with Gasteiger partial charge in [0.2, 0.25) is 5.88 Å². The van der Waals surface area contributed by atoms with Crippen LogP contribution in [0, 0.1) is 0 Å².